The molecular weight excluding hydrogens is 372 g/mol. The Morgan fingerprint density at radius 3 is 2.54 bits per heavy atom. The van der Waals surface area contributed by atoms with Crippen LogP contribution in [0.4, 0.5) is 5.13 Å². The molecule has 2 N–H and O–H groups in total. The molecule has 1 atom stereocenters. The summed E-state index contributed by atoms with van der Waals surface area (Å²) in [6.07, 6.45) is 11.8. The van der Waals surface area contributed by atoms with Crippen LogP contribution in [0.25, 0.3) is 0 Å². The molecule has 2 aromatic heterocycles. The van der Waals surface area contributed by atoms with Crippen molar-refractivity contribution in [1.82, 2.24) is 9.97 Å². The van der Waals surface area contributed by atoms with Crippen molar-refractivity contribution in [2.24, 2.45) is 23.5 Å². The molecule has 4 aliphatic carbocycles. The molecule has 5 fully saturated rings. The third kappa shape index (κ3) is 2.55. The van der Waals surface area contributed by atoms with E-state index < -0.39 is 5.91 Å². The van der Waals surface area contributed by atoms with Crippen molar-refractivity contribution in [3.05, 3.63) is 28.9 Å². The van der Waals surface area contributed by atoms with Crippen LogP contribution in [0.2, 0.25) is 0 Å². The van der Waals surface area contributed by atoms with E-state index in [1.807, 2.05) is 0 Å². The van der Waals surface area contributed by atoms with Crippen molar-refractivity contribution >= 4 is 22.4 Å². The minimum Gasteiger partial charge on any atom is -0.446 e. The van der Waals surface area contributed by atoms with Crippen LogP contribution in [0.5, 0.6) is 0 Å². The molecule has 1 aliphatic heterocycles. The highest BCUT2D eigenvalue weighted by molar-refractivity contribution is 7.13. The Morgan fingerprint density at radius 1 is 1.18 bits per heavy atom. The number of carbonyl (C=O) groups excluding carboxylic acids is 1. The molecule has 6 nitrogen and oxygen atoms in total. The Hall–Kier alpha value is -1.89. The average molecular weight is 399 g/mol. The number of anilines is 1. The van der Waals surface area contributed by atoms with Crippen LogP contribution in [-0.2, 0) is 5.41 Å². The van der Waals surface area contributed by atoms with Crippen molar-refractivity contribution in [1.29, 1.82) is 0 Å². The van der Waals surface area contributed by atoms with Gasteiger partial charge in [-0.2, -0.15) is 0 Å². The monoisotopic (exact) mass is 398 g/mol. The molecule has 0 spiro atoms. The smallest absolute Gasteiger partial charge is 0.270 e. The number of oxazole rings is 1. The maximum atomic E-state index is 11.4. The molecule has 7 heteroatoms. The second-order valence-electron chi connectivity index (χ2n) is 9.50. The summed E-state index contributed by atoms with van der Waals surface area (Å²) in [5.74, 6) is 2.82. The van der Waals surface area contributed by atoms with Crippen molar-refractivity contribution in [3.63, 3.8) is 0 Å². The van der Waals surface area contributed by atoms with Crippen LogP contribution in [0, 0.1) is 17.8 Å². The van der Waals surface area contributed by atoms with Gasteiger partial charge < -0.3 is 15.1 Å². The maximum Gasteiger partial charge on any atom is 0.270 e. The standard InChI is InChI=1S/C21H26N4O2S/c22-18(26)15-10-27-19(23-15)16-2-1-3-25(16)20-24-17(11-28-20)21-7-12-4-13(8-21)6-14(5-12)9-21/h10-14,16H,1-9H2,(H2,22,26)/t12?,13?,14?,16-,21?/m0/s1. The first kappa shape index (κ1) is 17.0. The molecule has 4 bridgehead atoms. The zero-order chi connectivity index (χ0) is 18.9. The van der Waals surface area contributed by atoms with E-state index in [-0.39, 0.29) is 11.7 Å². The highest BCUT2D eigenvalue weighted by Crippen LogP contribution is 2.61. The Morgan fingerprint density at radius 2 is 1.89 bits per heavy atom. The number of hydrogen-bond donors (Lipinski definition) is 1. The summed E-state index contributed by atoms with van der Waals surface area (Å²) < 4.78 is 5.59. The van der Waals surface area contributed by atoms with Gasteiger partial charge in [-0.1, -0.05) is 0 Å². The first-order chi connectivity index (χ1) is 13.6. The normalized spacial score (nSPS) is 36.4. The number of amides is 1. The number of thiazole rings is 1. The van der Waals surface area contributed by atoms with Crippen LogP contribution in [0.15, 0.2) is 16.1 Å². The minimum atomic E-state index is -0.544. The van der Waals surface area contributed by atoms with E-state index in [1.54, 1.807) is 11.3 Å². The second-order valence-corrected chi connectivity index (χ2v) is 10.3. The molecule has 1 amide bonds. The number of carbonyl (C=O) groups is 1. The lowest BCUT2D eigenvalue weighted by molar-refractivity contribution is -0.00690. The lowest BCUT2D eigenvalue weighted by atomic mass is 9.49. The Bertz CT molecular complexity index is 884. The van der Waals surface area contributed by atoms with Gasteiger partial charge in [-0.3, -0.25) is 4.79 Å². The summed E-state index contributed by atoms with van der Waals surface area (Å²) in [4.78, 5) is 23.2. The molecule has 1 saturated heterocycles. The van der Waals surface area contributed by atoms with E-state index in [0.717, 1.165) is 42.3 Å². The number of primary amides is 1. The highest BCUT2D eigenvalue weighted by Gasteiger charge is 2.52. The number of nitrogens with zero attached hydrogens (tertiary/aromatic N) is 3. The molecule has 0 aromatic carbocycles. The third-order valence-electron chi connectivity index (χ3n) is 7.63. The van der Waals surface area contributed by atoms with E-state index in [4.69, 9.17) is 15.1 Å². The van der Waals surface area contributed by atoms with Crippen molar-refractivity contribution in [3.8, 4) is 0 Å². The number of hydrogen-bond acceptors (Lipinski definition) is 6. The molecule has 4 saturated carbocycles. The van der Waals surface area contributed by atoms with Gasteiger partial charge in [0.05, 0.1) is 5.69 Å². The van der Waals surface area contributed by atoms with E-state index in [1.165, 1.54) is 50.5 Å². The largest absolute Gasteiger partial charge is 0.446 e. The average Bonchev–Trinajstić information content (AvgIpc) is 3.39. The van der Waals surface area contributed by atoms with E-state index >= 15 is 0 Å². The SMILES string of the molecule is NC(=O)c1coc([C@@H]2CCCN2c2nc(C34CC5CC(CC(C5)C3)C4)cs2)n1. The zero-order valence-corrected chi connectivity index (χ0v) is 16.8. The first-order valence-electron chi connectivity index (χ1n) is 10.6. The van der Waals surface area contributed by atoms with Gasteiger partial charge >= 0.3 is 0 Å². The fourth-order valence-corrected chi connectivity index (χ4v) is 7.90. The maximum absolute atomic E-state index is 11.4. The summed E-state index contributed by atoms with van der Waals surface area (Å²) in [7, 11) is 0. The van der Waals surface area contributed by atoms with Crippen LogP contribution in [0.3, 0.4) is 0 Å². The van der Waals surface area contributed by atoms with Gasteiger partial charge in [0, 0.05) is 17.3 Å². The van der Waals surface area contributed by atoms with Gasteiger partial charge in [0.2, 0.25) is 5.89 Å². The molecule has 2 aromatic rings. The molecule has 5 aliphatic rings. The van der Waals surface area contributed by atoms with Crippen LogP contribution in [0.1, 0.15) is 79.5 Å². The molecule has 28 heavy (non-hydrogen) atoms. The molecule has 0 radical (unpaired) electrons. The summed E-state index contributed by atoms with van der Waals surface area (Å²) in [5, 5.41) is 3.40. The van der Waals surface area contributed by atoms with E-state index in [2.05, 4.69) is 15.3 Å². The highest BCUT2D eigenvalue weighted by atomic mass is 32.1. The van der Waals surface area contributed by atoms with Crippen LogP contribution in [-0.4, -0.2) is 22.4 Å². The van der Waals surface area contributed by atoms with Gasteiger partial charge in [0.25, 0.3) is 5.91 Å². The molecule has 3 heterocycles. The molecule has 7 rings (SSSR count). The van der Waals surface area contributed by atoms with Gasteiger partial charge in [-0.15, -0.1) is 11.3 Å². The number of nitrogens with two attached hydrogens (primary N) is 1. The summed E-state index contributed by atoms with van der Waals surface area (Å²) >= 11 is 1.76. The van der Waals surface area contributed by atoms with E-state index in [0.29, 0.717) is 11.3 Å². The Labute approximate surface area is 168 Å². The summed E-state index contributed by atoms with van der Waals surface area (Å²) in [6, 6.07) is 0.0449. The Balaban J connectivity index is 1.28. The topological polar surface area (TPSA) is 85.3 Å². The van der Waals surface area contributed by atoms with Crippen molar-refractivity contribution in [2.45, 2.75) is 62.8 Å². The number of rotatable bonds is 4. The fraction of sp³-hybridized carbons (Fsp3) is 0.667. The first-order valence-corrected chi connectivity index (χ1v) is 11.5. The fourth-order valence-electron chi connectivity index (χ4n) is 6.87. The second kappa shape index (κ2) is 6.05. The van der Waals surface area contributed by atoms with Gasteiger partial charge in [-0.05, 0) is 69.1 Å². The Kier molecular flexibility index (Phi) is 3.68. The van der Waals surface area contributed by atoms with Gasteiger partial charge in [0.1, 0.15) is 12.3 Å². The minimum absolute atomic E-state index is 0.0449. The van der Waals surface area contributed by atoms with Gasteiger partial charge in [0.15, 0.2) is 10.8 Å². The van der Waals surface area contributed by atoms with Crippen LogP contribution < -0.4 is 10.6 Å². The molecule has 148 valence electrons. The third-order valence-corrected chi connectivity index (χ3v) is 8.51. The zero-order valence-electron chi connectivity index (χ0n) is 16.0. The molecular formula is C21H26N4O2S. The summed E-state index contributed by atoms with van der Waals surface area (Å²) in [5.41, 5.74) is 7.21. The van der Waals surface area contributed by atoms with Crippen molar-refractivity contribution in [2.75, 3.05) is 11.4 Å². The lowest BCUT2D eigenvalue weighted by Gasteiger charge is -2.56. The predicted molar refractivity (Wildman–Crippen MR) is 106 cm³/mol. The number of aromatic nitrogens is 2. The van der Waals surface area contributed by atoms with Crippen LogP contribution >= 0.6 is 11.3 Å². The molecule has 0 unspecified atom stereocenters. The quantitative estimate of drug-likeness (QED) is 0.840. The van der Waals surface area contributed by atoms with Crippen molar-refractivity contribution < 1.29 is 9.21 Å². The summed E-state index contributed by atoms with van der Waals surface area (Å²) in [6.45, 7) is 0.951. The predicted octanol–water partition coefficient (Wildman–Crippen LogP) is 4.04. The lowest BCUT2D eigenvalue weighted by Crippen LogP contribution is -2.48. The van der Waals surface area contributed by atoms with E-state index in [9.17, 15) is 4.79 Å². The van der Waals surface area contributed by atoms with Gasteiger partial charge in [-0.25, -0.2) is 9.97 Å².